The van der Waals surface area contributed by atoms with Crippen molar-refractivity contribution in [3.8, 4) is 0 Å². The summed E-state index contributed by atoms with van der Waals surface area (Å²) in [5.41, 5.74) is 2.32. The van der Waals surface area contributed by atoms with Crippen molar-refractivity contribution in [2.45, 2.75) is 20.4 Å². The van der Waals surface area contributed by atoms with Crippen LogP contribution in [0.15, 0.2) is 35.3 Å². The summed E-state index contributed by atoms with van der Waals surface area (Å²) in [4.78, 5) is 12.3. The number of aromatic nitrogens is 1. The van der Waals surface area contributed by atoms with Crippen LogP contribution >= 0.6 is 35.3 Å². The van der Waals surface area contributed by atoms with Crippen molar-refractivity contribution in [3.63, 3.8) is 0 Å². The van der Waals surface area contributed by atoms with E-state index >= 15 is 0 Å². The standard InChI is InChI=1S/C17H25N5S.HI/c1-13-14(2)23-16(21-13)12-20-17(18-3)19-10-11-22(4)15-8-6-5-7-9-15;/h5-9H,10-12H2,1-4H3,(H2,18,19,20);1H. The molecule has 132 valence electrons. The van der Waals surface area contributed by atoms with Crippen LogP contribution in [0.4, 0.5) is 5.69 Å². The second kappa shape index (κ2) is 10.5. The monoisotopic (exact) mass is 459 g/mol. The SMILES string of the molecule is CN=C(NCCN(C)c1ccccc1)NCc1nc(C)c(C)s1.I. The molecule has 1 heterocycles. The maximum Gasteiger partial charge on any atom is 0.191 e. The first-order chi connectivity index (χ1) is 11.1. The van der Waals surface area contributed by atoms with Crippen LogP contribution in [-0.4, -0.2) is 38.1 Å². The molecule has 0 amide bonds. The second-order valence-electron chi connectivity index (χ2n) is 5.36. The Morgan fingerprint density at radius 3 is 2.50 bits per heavy atom. The lowest BCUT2D eigenvalue weighted by atomic mass is 10.3. The van der Waals surface area contributed by atoms with Gasteiger partial charge in [-0.05, 0) is 26.0 Å². The molecule has 0 spiro atoms. The third kappa shape index (κ3) is 6.27. The molecular weight excluding hydrogens is 433 g/mol. The number of likely N-dealkylation sites (N-methyl/N-ethyl adjacent to an activating group) is 1. The molecular formula is C17H26IN5S. The van der Waals surface area contributed by atoms with E-state index < -0.39 is 0 Å². The van der Waals surface area contributed by atoms with Crippen LogP contribution in [-0.2, 0) is 6.54 Å². The fourth-order valence-electron chi connectivity index (χ4n) is 2.15. The molecule has 5 nitrogen and oxygen atoms in total. The Balaban J connectivity index is 0.00000288. The van der Waals surface area contributed by atoms with Gasteiger partial charge in [-0.15, -0.1) is 35.3 Å². The highest BCUT2D eigenvalue weighted by Gasteiger charge is 2.05. The average Bonchev–Trinajstić information content (AvgIpc) is 2.89. The molecule has 7 heteroatoms. The summed E-state index contributed by atoms with van der Waals surface area (Å²) in [6, 6.07) is 10.4. The fraction of sp³-hybridized carbons (Fsp3) is 0.412. The molecule has 1 aromatic carbocycles. The molecule has 2 rings (SSSR count). The first-order valence-electron chi connectivity index (χ1n) is 7.73. The lowest BCUT2D eigenvalue weighted by Crippen LogP contribution is -2.40. The Hall–Kier alpha value is -1.35. The Kier molecular flexibility index (Phi) is 9.05. The number of nitrogens with zero attached hydrogens (tertiary/aromatic N) is 3. The fourth-order valence-corrected chi connectivity index (χ4v) is 3.02. The van der Waals surface area contributed by atoms with Crippen LogP contribution in [0.1, 0.15) is 15.6 Å². The molecule has 0 fully saturated rings. The van der Waals surface area contributed by atoms with E-state index in [1.165, 1.54) is 10.6 Å². The van der Waals surface area contributed by atoms with Gasteiger partial charge >= 0.3 is 0 Å². The van der Waals surface area contributed by atoms with Crippen LogP contribution in [0.3, 0.4) is 0 Å². The molecule has 0 unspecified atom stereocenters. The molecule has 0 saturated heterocycles. The van der Waals surface area contributed by atoms with Gasteiger partial charge in [-0.1, -0.05) is 18.2 Å². The molecule has 0 saturated carbocycles. The number of rotatable bonds is 6. The normalized spacial score (nSPS) is 10.9. The van der Waals surface area contributed by atoms with E-state index in [-0.39, 0.29) is 24.0 Å². The number of para-hydroxylation sites is 1. The van der Waals surface area contributed by atoms with E-state index in [1.807, 2.05) is 13.0 Å². The molecule has 1 aromatic heterocycles. The number of aliphatic imine (C=N–C) groups is 1. The van der Waals surface area contributed by atoms with Gasteiger partial charge in [0.05, 0.1) is 12.2 Å². The van der Waals surface area contributed by atoms with Gasteiger partial charge in [0, 0.05) is 37.7 Å². The Morgan fingerprint density at radius 1 is 1.21 bits per heavy atom. The number of thiazole rings is 1. The Morgan fingerprint density at radius 2 is 1.92 bits per heavy atom. The quantitative estimate of drug-likeness (QED) is 0.396. The first-order valence-corrected chi connectivity index (χ1v) is 8.55. The van der Waals surface area contributed by atoms with E-state index in [4.69, 9.17) is 0 Å². The summed E-state index contributed by atoms with van der Waals surface area (Å²) in [5.74, 6) is 0.803. The molecule has 0 bridgehead atoms. The number of nitrogens with one attached hydrogen (secondary N) is 2. The zero-order valence-electron chi connectivity index (χ0n) is 14.7. The molecule has 0 aliphatic heterocycles. The van der Waals surface area contributed by atoms with Crippen LogP contribution in [0.2, 0.25) is 0 Å². The zero-order valence-corrected chi connectivity index (χ0v) is 17.8. The number of hydrogen-bond acceptors (Lipinski definition) is 4. The molecule has 2 aromatic rings. The van der Waals surface area contributed by atoms with Crippen molar-refractivity contribution < 1.29 is 0 Å². The van der Waals surface area contributed by atoms with Gasteiger partial charge < -0.3 is 15.5 Å². The highest BCUT2D eigenvalue weighted by molar-refractivity contribution is 14.0. The van der Waals surface area contributed by atoms with Crippen LogP contribution in [0.5, 0.6) is 0 Å². The zero-order chi connectivity index (χ0) is 16.7. The molecule has 0 aliphatic carbocycles. The summed E-state index contributed by atoms with van der Waals surface area (Å²) in [6.45, 7) is 6.57. The van der Waals surface area contributed by atoms with E-state index in [9.17, 15) is 0 Å². The maximum atomic E-state index is 4.53. The highest BCUT2D eigenvalue weighted by Crippen LogP contribution is 2.15. The van der Waals surface area contributed by atoms with Gasteiger partial charge in [0.15, 0.2) is 5.96 Å². The van der Waals surface area contributed by atoms with Gasteiger partial charge in [-0.2, -0.15) is 0 Å². The van der Waals surface area contributed by atoms with E-state index in [1.54, 1.807) is 18.4 Å². The summed E-state index contributed by atoms with van der Waals surface area (Å²) in [7, 11) is 3.88. The molecule has 2 N–H and O–H groups in total. The van der Waals surface area contributed by atoms with Gasteiger partial charge in [0.1, 0.15) is 5.01 Å². The number of guanidine groups is 1. The minimum absolute atomic E-state index is 0. The number of aryl methyl sites for hydroxylation is 2. The minimum Gasteiger partial charge on any atom is -0.373 e. The Bertz CT molecular complexity index is 622. The van der Waals surface area contributed by atoms with Gasteiger partial charge in [0.25, 0.3) is 0 Å². The maximum absolute atomic E-state index is 4.53. The third-order valence-corrected chi connectivity index (χ3v) is 4.71. The largest absolute Gasteiger partial charge is 0.373 e. The smallest absolute Gasteiger partial charge is 0.191 e. The van der Waals surface area contributed by atoms with Crippen molar-refractivity contribution >= 4 is 47.0 Å². The van der Waals surface area contributed by atoms with E-state index in [0.717, 1.165) is 29.8 Å². The van der Waals surface area contributed by atoms with Gasteiger partial charge in [0.2, 0.25) is 0 Å². The van der Waals surface area contributed by atoms with Crippen LogP contribution in [0, 0.1) is 13.8 Å². The van der Waals surface area contributed by atoms with Gasteiger partial charge in [-0.25, -0.2) is 4.98 Å². The molecule has 0 radical (unpaired) electrons. The molecule has 0 atom stereocenters. The van der Waals surface area contributed by atoms with Crippen molar-refractivity contribution in [3.05, 3.63) is 45.9 Å². The van der Waals surface area contributed by atoms with Gasteiger partial charge in [-0.3, -0.25) is 4.99 Å². The summed E-state index contributed by atoms with van der Waals surface area (Å²) >= 11 is 1.73. The topological polar surface area (TPSA) is 52.6 Å². The number of anilines is 1. The summed E-state index contributed by atoms with van der Waals surface area (Å²) < 4.78 is 0. The van der Waals surface area contributed by atoms with Crippen molar-refractivity contribution in [1.82, 2.24) is 15.6 Å². The minimum atomic E-state index is 0. The predicted molar refractivity (Wildman–Crippen MR) is 115 cm³/mol. The number of benzene rings is 1. The summed E-state index contributed by atoms with van der Waals surface area (Å²) in [5, 5.41) is 7.73. The highest BCUT2D eigenvalue weighted by atomic mass is 127. The Labute approximate surface area is 165 Å². The van der Waals surface area contributed by atoms with Crippen LogP contribution < -0.4 is 15.5 Å². The number of hydrogen-bond donors (Lipinski definition) is 2. The van der Waals surface area contributed by atoms with Crippen molar-refractivity contribution in [1.29, 1.82) is 0 Å². The molecule has 0 aliphatic rings. The van der Waals surface area contributed by atoms with Crippen molar-refractivity contribution in [2.75, 3.05) is 32.1 Å². The van der Waals surface area contributed by atoms with E-state index in [2.05, 4.69) is 63.7 Å². The van der Waals surface area contributed by atoms with E-state index in [0.29, 0.717) is 6.54 Å². The summed E-state index contributed by atoms with van der Waals surface area (Å²) in [6.07, 6.45) is 0. The molecule has 24 heavy (non-hydrogen) atoms. The predicted octanol–water partition coefficient (Wildman–Crippen LogP) is 3.18. The second-order valence-corrected chi connectivity index (χ2v) is 6.65. The third-order valence-electron chi connectivity index (χ3n) is 3.64. The average molecular weight is 459 g/mol. The lowest BCUT2D eigenvalue weighted by Gasteiger charge is -2.20. The first kappa shape index (κ1) is 20.7. The lowest BCUT2D eigenvalue weighted by molar-refractivity contribution is 0.774. The number of halogens is 1. The van der Waals surface area contributed by atoms with Crippen LogP contribution in [0.25, 0.3) is 0 Å². The van der Waals surface area contributed by atoms with Crippen molar-refractivity contribution in [2.24, 2.45) is 4.99 Å².